The number of carbonyl (C=O) groups excluding carboxylic acids is 1. The number of nitrogens with zero attached hydrogens (tertiary/aromatic N) is 1. The summed E-state index contributed by atoms with van der Waals surface area (Å²) in [5, 5.41) is 0. The van der Waals surface area contributed by atoms with Gasteiger partial charge in [0.2, 0.25) is 5.91 Å². The van der Waals surface area contributed by atoms with Gasteiger partial charge in [-0.1, -0.05) is 0 Å². The molecule has 0 aromatic rings. The average molecular weight is 202 g/mol. The van der Waals surface area contributed by atoms with E-state index in [1.54, 1.807) is 12.0 Å². The Morgan fingerprint density at radius 1 is 1.50 bits per heavy atom. The summed E-state index contributed by atoms with van der Waals surface area (Å²) in [4.78, 5) is 13.1. The van der Waals surface area contributed by atoms with Gasteiger partial charge in [-0.2, -0.15) is 0 Å². The van der Waals surface area contributed by atoms with Gasteiger partial charge in [-0.25, -0.2) is 0 Å². The Kier molecular flexibility index (Phi) is 4.86. The molecule has 2 N–H and O–H groups in total. The lowest BCUT2D eigenvalue weighted by Crippen LogP contribution is -2.36. The van der Waals surface area contributed by atoms with Gasteiger partial charge in [-0.15, -0.1) is 0 Å². The number of carbonyl (C=O) groups is 1. The molecule has 1 unspecified atom stereocenters. The maximum Gasteiger partial charge on any atom is 0.239 e. The minimum atomic E-state index is -0.297. The highest BCUT2D eigenvalue weighted by Crippen LogP contribution is 2.07. The Balaban J connectivity index is 2.04. The number of nitrogens with two attached hydrogens (primary N) is 1. The van der Waals surface area contributed by atoms with Crippen molar-refractivity contribution >= 4 is 5.91 Å². The minimum absolute atomic E-state index is 0.0420. The number of likely N-dealkylation sites (tertiary alicyclic amines) is 1. The molecule has 14 heavy (non-hydrogen) atoms. The van der Waals surface area contributed by atoms with E-state index in [-0.39, 0.29) is 11.9 Å². The van der Waals surface area contributed by atoms with Crippen LogP contribution in [0.15, 0.2) is 0 Å². The molecule has 1 aliphatic heterocycles. The van der Waals surface area contributed by atoms with E-state index in [2.05, 4.69) is 0 Å². The zero-order chi connectivity index (χ0) is 10.4. The molecule has 5 heteroatoms. The van der Waals surface area contributed by atoms with Gasteiger partial charge in [-0.3, -0.25) is 4.79 Å². The highest BCUT2D eigenvalue weighted by molar-refractivity contribution is 5.83. The molecule has 1 rings (SSSR count). The van der Waals surface area contributed by atoms with Gasteiger partial charge in [0.1, 0.15) is 0 Å². The number of ether oxygens (including phenoxy) is 2. The standard InChI is InChI=1S/C9H18N2O3/c1-13-6-7-14-5-4-11-3-2-8(10)9(11)12/h8H,2-7,10H2,1H3. The average Bonchev–Trinajstić information content (AvgIpc) is 2.49. The van der Waals surface area contributed by atoms with Crippen LogP contribution in [0.4, 0.5) is 0 Å². The van der Waals surface area contributed by atoms with Crippen molar-refractivity contribution in [1.29, 1.82) is 0 Å². The van der Waals surface area contributed by atoms with Gasteiger partial charge in [-0.05, 0) is 6.42 Å². The van der Waals surface area contributed by atoms with Crippen LogP contribution in [0.25, 0.3) is 0 Å². The molecular weight excluding hydrogens is 184 g/mol. The van der Waals surface area contributed by atoms with Gasteiger partial charge < -0.3 is 20.1 Å². The highest BCUT2D eigenvalue weighted by Gasteiger charge is 2.27. The van der Waals surface area contributed by atoms with Crippen LogP contribution in [0.2, 0.25) is 0 Å². The van der Waals surface area contributed by atoms with E-state index in [1.807, 2.05) is 0 Å². The fourth-order valence-electron chi connectivity index (χ4n) is 1.40. The van der Waals surface area contributed by atoms with E-state index in [0.29, 0.717) is 26.4 Å². The smallest absolute Gasteiger partial charge is 0.239 e. The normalized spacial score (nSPS) is 22.0. The van der Waals surface area contributed by atoms with Gasteiger partial charge in [0.05, 0.1) is 25.9 Å². The summed E-state index contributed by atoms with van der Waals surface area (Å²) in [7, 11) is 1.63. The molecule has 82 valence electrons. The van der Waals surface area contributed by atoms with Crippen molar-refractivity contribution in [1.82, 2.24) is 4.90 Å². The van der Waals surface area contributed by atoms with Crippen molar-refractivity contribution in [2.24, 2.45) is 5.73 Å². The maximum atomic E-state index is 11.3. The predicted octanol–water partition coefficient (Wildman–Crippen LogP) is -0.791. The molecule has 0 radical (unpaired) electrons. The minimum Gasteiger partial charge on any atom is -0.382 e. The molecule has 1 fully saturated rings. The fraction of sp³-hybridized carbons (Fsp3) is 0.889. The summed E-state index contributed by atoms with van der Waals surface area (Å²) in [5.41, 5.74) is 5.57. The monoisotopic (exact) mass is 202 g/mol. The summed E-state index contributed by atoms with van der Waals surface area (Å²) in [6, 6.07) is -0.297. The Morgan fingerprint density at radius 3 is 2.86 bits per heavy atom. The summed E-state index contributed by atoms with van der Waals surface area (Å²) in [5.74, 6) is 0.0420. The Labute approximate surface area is 84.1 Å². The van der Waals surface area contributed by atoms with E-state index in [4.69, 9.17) is 15.2 Å². The van der Waals surface area contributed by atoms with Gasteiger partial charge in [0.15, 0.2) is 0 Å². The van der Waals surface area contributed by atoms with E-state index >= 15 is 0 Å². The molecule has 5 nitrogen and oxygen atoms in total. The molecule has 0 aliphatic carbocycles. The number of amides is 1. The topological polar surface area (TPSA) is 64.8 Å². The summed E-state index contributed by atoms with van der Waals surface area (Å²) in [6.45, 7) is 3.11. The Morgan fingerprint density at radius 2 is 2.29 bits per heavy atom. The molecule has 0 spiro atoms. The zero-order valence-corrected chi connectivity index (χ0v) is 8.57. The zero-order valence-electron chi connectivity index (χ0n) is 8.57. The van der Waals surface area contributed by atoms with E-state index < -0.39 is 0 Å². The molecule has 0 aromatic heterocycles. The quantitative estimate of drug-likeness (QED) is 0.573. The summed E-state index contributed by atoms with van der Waals surface area (Å²) < 4.78 is 10.1. The van der Waals surface area contributed by atoms with Crippen LogP contribution < -0.4 is 5.73 Å². The maximum absolute atomic E-state index is 11.3. The third-order valence-corrected chi connectivity index (χ3v) is 2.28. The van der Waals surface area contributed by atoms with Crippen molar-refractivity contribution in [3.63, 3.8) is 0 Å². The van der Waals surface area contributed by atoms with Crippen molar-refractivity contribution in [2.45, 2.75) is 12.5 Å². The number of hydrogen-bond donors (Lipinski definition) is 1. The van der Waals surface area contributed by atoms with Crippen LogP contribution in [-0.4, -0.2) is 56.9 Å². The number of hydrogen-bond acceptors (Lipinski definition) is 4. The first-order chi connectivity index (χ1) is 6.75. The second-order valence-corrected chi connectivity index (χ2v) is 3.33. The van der Waals surface area contributed by atoms with Crippen molar-refractivity contribution < 1.29 is 14.3 Å². The molecule has 0 bridgehead atoms. The third kappa shape index (κ3) is 3.25. The Bertz CT molecular complexity index is 187. The fourth-order valence-corrected chi connectivity index (χ4v) is 1.40. The van der Waals surface area contributed by atoms with E-state index in [9.17, 15) is 4.79 Å². The first kappa shape index (κ1) is 11.4. The van der Waals surface area contributed by atoms with E-state index in [0.717, 1.165) is 13.0 Å². The molecule has 1 heterocycles. The molecule has 1 aliphatic rings. The lowest BCUT2D eigenvalue weighted by atomic mass is 10.3. The molecule has 1 saturated heterocycles. The number of methoxy groups -OCH3 is 1. The van der Waals surface area contributed by atoms with Crippen LogP contribution in [0.3, 0.4) is 0 Å². The van der Waals surface area contributed by atoms with Crippen molar-refractivity contribution in [3.05, 3.63) is 0 Å². The largest absolute Gasteiger partial charge is 0.382 e. The SMILES string of the molecule is COCCOCCN1CCC(N)C1=O. The van der Waals surface area contributed by atoms with Crippen molar-refractivity contribution in [3.8, 4) is 0 Å². The second kappa shape index (κ2) is 5.95. The number of rotatable bonds is 6. The van der Waals surface area contributed by atoms with Crippen LogP contribution >= 0.6 is 0 Å². The third-order valence-electron chi connectivity index (χ3n) is 2.28. The first-order valence-electron chi connectivity index (χ1n) is 4.86. The molecule has 0 saturated carbocycles. The molecule has 1 atom stereocenters. The van der Waals surface area contributed by atoms with Gasteiger partial charge >= 0.3 is 0 Å². The molecule has 1 amide bonds. The van der Waals surface area contributed by atoms with Gasteiger partial charge in [0, 0.05) is 20.2 Å². The van der Waals surface area contributed by atoms with E-state index in [1.165, 1.54) is 0 Å². The van der Waals surface area contributed by atoms with Gasteiger partial charge in [0.25, 0.3) is 0 Å². The van der Waals surface area contributed by atoms with Crippen LogP contribution in [0.1, 0.15) is 6.42 Å². The summed E-state index contributed by atoms with van der Waals surface area (Å²) in [6.07, 6.45) is 0.761. The van der Waals surface area contributed by atoms with Crippen LogP contribution in [0, 0.1) is 0 Å². The summed E-state index contributed by atoms with van der Waals surface area (Å²) >= 11 is 0. The van der Waals surface area contributed by atoms with Crippen LogP contribution in [0.5, 0.6) is 0 Å². The molecular formula is C9H18N2O3. The lowest BCUT2D eigenvalue weighted by Gasteiger charge is -2.15. The predicted molar refractivity (Wildman–Crippen MR) is 51.9 cm³/mol. The Hall–Kier alpha value is -0.650. The first-order valence-corrected chi connectivity index (χ1v) is 4.86. The van der Waals surface area contributed by atoms with Crippen molar-refractivity contribution in [2.75, 3.05) is 40.0 Å². The van der Waals surface area contributed by atoms with Crippen LogP contribution in [-0.2, 0) is 14.3 Å². The second-order valence-electron chi connectivity index (χ2n) is 3.33. The lowest BCUT2D eigenvalue weighted by molar-refractivity contribution is -0.129. The molecule has 0 aromatic carbocycles. The highest BCUT2D eigenvalue weighted by atomic mass is 16.5.